The Kier molecular flexibility index (Phi) is 2.31. The van der Waals surface area contributed by atoms with Crippen LogP contribution in [0.5, 0.6) is 0 Å². The minimum atomic E-state index is 0.0492. The quantitative estimate of drug-likeness (QED) is 0.711. The summed E-state index contributed by atoms with van der Waals surface area (Å²) in [6.07, 6.45) is 0. The van der Waals surface area contributed by atoms with Crippen LogP contribution < -0.4 is 5.56 Å². The number of aromatic nitrogens is 2. The van der Waals surface area contributed by atoms with Gasteiger partial charge in [-0.1, -0.05) is 12.1 Å². The number of para-hydroxylation sites is 1. The summed E-state index contributed by atoms with van der Waals surface area (Å²) in [5.74, 6) is 0.772. The zero-order chi connectivity index (χ0) is 11.0. The van der Waals surface area contributed by atoms with Crippen LogP contribution in [0, 0.1) is 6.92 Å². The van der Waals surface area contributed by atoms with E-state index >= 15 is 0 Å². The molecule has 0 aliphatic heterocycles. The van der Waals surface area contributed by atoms with E-state index in [-0.39, 0.29) is 11.6 Å². The maximum absolute atomic E-state index is 12.1. The summed E-state index contributed by atoms with van der Waals surface area (Å²) in [6, 6.07) is 7.60. The monoisotopic (exact) mass is 202 g/mol. The van der Waals surface area contributed by atoms with Gasteiger partial charge in [0.15, 0.2) is 0 Å². The number of rotatable bonds is 1. The second-order valence-electron chi connectivity index (χ2n) is 3.95. The molecule has 0 unspecified atom stereocenters. The zero-order valence-electron chi connectivity index (χ0n) is 9.19. The second kappa shape index (κ2) is 3.50. The molecule has 0 fully saturated rings. The third kappa shape index (κ3) is 1.54. The Morgan fingerprint density at radius 3 is 2.60 bits per heavy atom. The van der Waals surface area contributed by atoms with Crippen LogP contribution in [-0.4, -0.2) is 9.55 Å². The molecule has 1 aromatic heterocycles. The van der Waals surface area contributed by atoms with E-state index in [1.165, 1.54) is 0 Å². The fourth-order valence-electron chi connectivity index (χ4n) is 1.87. The van der Waals surface area contributed by atoms with Crippen molar-refractivity contribution in [2.75, 3.05) is 0 Å². The highest BCUT2D eigenvalue weighted by Crippen LogP contribution is 2.10. The van der Waals surface area contributed by atoms with E-state index in [1.807, 2.05) is 45.0 Å². The van der Waals surface area contributed by atoms with Crippen LogP contribution in [0.4, 0.5) is 0 Å². The van der Waals surface area contributed by atoms with Crippen molar-refractivity contribution in [2.45, 2.75) is 26.8 Å². The SMILES string of the molecule is Cc1nc2ccccc2c(=O)n1C(C)C. The van der Waals surface area contributed by atoms with Crippen molar-refractivity contribution in [1.29, 1.82) is 0 Å². The predicted octanol–water partition coefficient (Wildman–Crippen LogP) is 2.29. The van der Waals surface area contributed by atoms with Crippen molar-refractivity contribution in [3.05, 3.63) is 40.4 Å². The molecule has 0 saturated carbocycles. The molecule has 0 atom stereocenters. The van der Waals surface area contributed by atoms with Crippen molar-refractivity contribution in [2.24, 2.45) is 0 Å². The van der Waals surface area contributed by atoms with E-state index in [1.54, 1.807) is 4.57 Å². The lowest BCUT2D eigenvalue weighted by atomic mass is 10.2. The molecule has 0 saturated heterocycles. The molecular weight excluding hydrogens is 188 g/mol. The Balaban J connectivity index is 2.91. The van der Waals surface area contributed by atoms with E-state index < -0.39 is 0 Å². The summed E-state index contributed by atoms with van der Waals surface area (Å²) < 4.78 is 1.72. The minimum absolute atomic E-state index is 0.0492. The Morgan fingerprint density at radius 1 is 1.27 bits per heavy atom. The van der Waals surface area contributed by atoms with Crippen LogP contribution >= 0.6 is 0 Å². The first kappa shape index (κ1) is 9.90. The molecule has 78 valence electrons. The molecular formula is C12H14N2O. The maximum atomic E-state index is 12.1. The highest BCUT2D eigenvalue weighted by molar-refractivity contribution is 5.77. The third-order valence-electron chi connectivity index (χ3n) is 2.50. The molecule has 1 aromatic carbocycles. The van der Waals surface area contributed by atoms with Gasteiger partial charge in [-0.05, 0) is 32.9 Å². The average Bonchev–Trinajstić information content (AvgIpc) is 2.17. The van der Waals surface area contributed by atoms with Gasteiger partial charge in [-0.15, -0.1) is 0 Å². The molecule has 0 N–H and O–H groups in total. The zero-order valence-corrected chi connectivity index (χ0v) is 9.19. The van der Waals surface area contributed by atoms with Gasteiger partial charge >= 0.3 is 0 Å². The van der Waals surface area contributed by atoms with Crippen molar-refractivity contribution < 1.29 is 0 Å². The highest BCUT2D eigenvalue weighted by atomic mass is 16.1. The van der Waals surface area contributed by atoms with Crippen LogP contribution in [-0.2, 0) is 0 Å². The predicted molar refractivity (Wildman–Crippen MR) is 61.1 cm³/mol. The Morgan fingerprint density at radius 2 is 1.93 bits per heavy atom. The number of fused-ring (bicyclic) bond motifs is 1. The molecule has 2 rings (SSSR count). The van der Waals surface area contributed by atoms with Gasteiger partial charge in [0, 0.05) is 6.04 Å². The summed E-state index contributed by atoms with van der Waals surface area (Å²) in [5.41, 5.74) is 0.824. The summed E-state index contributed by atoms with van der Waals surface area (Å²) in [4.78, 5) is 16.5. The van der Waals surface area contributed by atoms with E-state index in [0.29, 0.717) is 5.39 Å². The molecule has 1 heterocycles. The lowest BCUT2D eigenvalue weighted by Gasteiger charge is -2.13. The topological polar surface area (TPSA) is 34.9 Å². The molecule has 0 radical (unpaired) electrons. The summed E-state index contributed by atoms with van der Waals surface area (Å²) in [7, 11) is 0. The largest absolute Gasteiger partial charge is 0.294 e. The molecule has 0 amide bonds. The van der Waals surface area contributed by atoms with Crippen molar-refractivity contribution in [3.8, 4) is 0 Å². The van der Waals surface area contributed by atoms with Gasteiger partial charge in [0.05, 0.1) is 10.9 Å². The molecule has 15 heavy (non-hydrogen) atoms. The van der Waals surface area contributed by atoms with Gasteiger partial charge in [0.25, 0.3) is 5.56 Å². The fourth-order valence-corrected chi connectivity index (χ4v) is 1.87. The molecule has 0 aliphatic carbocycles. The van der Waals surface area contributed by atoms with E-state index in [9.17, 15) is 4.79 Å². The molecule has 3 nitrogen and oxygen atoms in total. The number of aryl methyl sites for hydroxylation is 1. The van der Waals surface area contributed by atoms with Gasteiger partial charge in [-0.3, -0.25) is 9.36 Å². The maximum Gasteiger partial charge on any atom is 0.261 e. The van der Waals surface area contributed by atoms with Gasteiger partial charge in [0.1, 0.15) is 5.82 Å². The van der Waals surface area contributed by atoms with E-state index in [2.05, 4.69) is 4.98 Å². The molecule has 3 heteroatoms. The normalized spacial score (nSPS) is 11.2. The van der Waals surface area contributed by atoms with Crippen LogP contribution in [0.15, 0.2) is 29.1 Å². The Hall–Kier alpha value is -1.64. The first-order valence-electron chi connectivity index (χ1n) is 5.09. The van der Waals surface area contributed by atoms with Crippen molar-refractivity contribution in [1.82, 2.24) is 9.55 Å². The third-order valence-corrected chi connectivity index (χ3v) is 2.50. The molecule has 0 aliphatic rings. The molecule has 0 bridgehead atoms. The number of hydrogen-bond donors (Lipinski definition) is 0. The fraction of sp³-hybridized carbons (Fsp3) is 0.333. The second-order valence-corrected chi connectivity index (χ2v) is 3.95. The van der Waals surface area contributed by atoms with Crippen LogP contribution in [0.25, 0.3) is 10.9 Å². The highest BCUT2D eigenvalue weighted by Gasteiger charge is 2.09. The van der Waals surface area contributed by atoms with Crippen molar-refractivity contribution in [3.63, 3.8) is 0 Å². The van der Waals surface area contributed by atoms with Crippen LogP contribution in [0.1, 0.15) is 25.7 Å². The van der Waals surface area contributed by atoms with Gasteiger partial charge < -0.3 is 0 Å². The van der Waals surface area contributed by atoms with Gasteiger partial charge in [-0.2, -0.15) is 0 Å². The Bertz CT molecular complexity index is 555. The lowest BCUT2D eigenvalue weighted by Crippen LogP contribution is -2.25. The van der Waals surface area contributed by atoms with E-state index in [0.717, 1.165) is 11.3 Å². The summed E-state index contributed by atoms with van der Waals surface area (Å²) in [5, 5.41) is 0.691. The first-order valence-corrected chi connectivity index (χ1v) is 5.09. The summed E-state index contributed by atoms with van der Waals surface area (Å²) >= 11 is 0. The van der Waals surface area contributed by atoms with E-state index in [4.69, 9.17) is 0 Å². The van der Waals surface area contributed by atoms with Gasteiger partial charge in [-0.25, -0.2) is 4.98 Å². The average molecular weight is 202 g/mol. The standard InChI is InChI=1S/C12H14N2O/c1-8(2)14-9(3)13-11-7-5-4-6-10(11)12(14)15/h4-8H,1-3H3. The number of nitrogens with zero attached hydrogens (tertiary/aromatic N) is 2. The van der Waals surface area contributed by atoms with Gasteiger partial charge in [0.2, 0.25) is 0 Å². The van der Waals surface area contributed by atoms with Crippen molar-refractivity contribution >= 4 is 10.9 Å². The molecule has 2 aromatic rings. The first-order chi connectivity index (χ1) is 7.11. The van der Waals surface area contributed by atoms with Crippen LogP contribution in [0.2, 0.25) is 0 Å². The smallest absolute Gasteiger partial charge is 0.261 e. The minimum Gasteiger partial charge on any atom is -0.294 e. The number of benzene rings is 1. The van der Waals surface area contributed by atoms with Crippen LogP contribution in [0.3, 0.4) is 0 Å². The summed E-state index contributed by atoms with van der Waals surface area (Å²) in [6.45, 7) is 5.85. The Labute approximate surface area is 88.4 Å². The molecule has 0 spiro atoms. The number of hydrogen-bond acceptors (Lipinski definition) is 2. The lowest BCUT2D eigenvalue weighted by molar-refractivity contribution is 0.555.